The molecule has 1 heterocycles. The van der Waals surface area contributed by atoms with Gasteiger partial charge in [0.2, 0.25) is 5.91 Å². The molecule has 5 nitrogen and oxygen atoms in total. The molecule has 0 spiro atoms. The third-order valence-corrected chi connectivity index (χ3v) is 2.22. The highest BCUT2D eigenvalue weighted by Gasteiger charge is 2.13. The smallest absolute Gasteiger partial charge is 0.224 e. The Morgan fingerprint density at radius 1 is 1.67 bits per heavy atom. The van der Waals surface area contributed by atoms with Crippen molar-refractivity contribution >= 4 is 5.91 Å². The number of carbonyl (C=O) groups is 1. The molecule has 0 aliphatic rings. The molecule has 0 saturated carbocycles. The maximum Gasteiger partial charge on any atom is 0.224 e. The quantitative estimate of drug-likeness (QED) is 0.718. The van der Waals surface area contributed by atoms with Gasteiger partial charge in [0.25, 0.3) is 0 Å². The van der Waals surface area contributed by atoms with Crippen molar-refractivity contribution in [3.05, 3.63) is 24.0 Å². The monoisotopic (exact) mass is 208 g/mol. The van der Waals surface area contributed by atoms with Crippen LogP contribution in [0.4, 0.5) is 0 Å². The summed E-state index contributed by atoms with van der Waals surface area (Å²) in [6.07, 6.45) is 2.35. The van der Waals surface area contributed by atoms with E-state index in [-0.39, 0.29) is 11.8 Å². The van der Waals surface area contributed by atoms with Gasteiger partial charge in [-0.3, -0.25) is 4.79 Å². The number of hydrogen-bond acceptors (Lipinski definition) is 4. The van der Waals surface area contributed by atoms with Crippen LogP contribution in [0.3, 0.4) is 0 Å². The third-order valence-electron chi connectivity index (χ3n) is 2.22. The van der Waals surface area contributed by atoms with Gasteiger partial charge in [0.05, 0.1) is 12.2 Å². The summed E-state index contributed by atoms with van der Waals surface area (Å²) in [5, 5.41) is 10.4. The van der Waals surface area contributed by atoms with Crippen LogP contribution in [-0.2, 0) is 11.3 Å². The van der Waals surface area contributed by atoms with E-state index >= 15 is 0 Å². The van der Waals surface area contributed by atoms with E-state index in [2.05, 4.69) is 15.5 Å². The number of carbonyl (C=O) groups excluding carboxylic acids is 1. The lowest BCUT2D eigenvalue weighted by atomic mass is 10.1. The van der Waals surface area contributed by atoms with Crippen LogP contribution in [0.15, 0.2) is 18.3 Å². The summed E-state index contributed by atoms with van der Waals surface area (Å²) in [6, 6.07) is 3.60. The molecule has 15 heavy (non-hydrogen) atoms. The van der Waals surface area contributed by atoms with Gasteiger partial charge in [-0.2, -0.15) is 10.2 Å². The molecule has 1 aromatic heterocycles. The predicted octanol–water partition coefficient (Wildman–Crippen LogP) is 0.0777. The molecule has 1 aromatic rings. The number of rotatable bonds is 5. The van der Waals surface area contributed by atoms with Gasteiger partial charge in [0.1, 0.15) is 0 Å². The molecule has 1 amide bonds. The van der Waals surface area contributed by atoms with Gasteiger partial charge in [0.15, 0.2) is 0 Å². The number of nitrogens with one attached hydrogen (secondary N) is 1. The Balaban J connectivity index is 2.40. The number of aromatic nitrogens is 2. The van der Waals surface area contributed by atoms with E-state index < -0.39 is 0 Å². The summed E-state index contributed by atoms with van der Waals surface area (Å²) >= 11 is 0. The van der Waals surface area contributed by atoms with Gasteiger partial charge in [-0.1, -0.05) is 6.92 Å². The van der Waals surface area contributed by atoms with Crippen LogP contribution in [0.1, 0.15) is 19.0 Å². The highest BCUT2D eigenvalue weighted by molar-refractivity contribution is 5.78. The second-order valence-corrected chi connectivity index (χ2v) is 3.27. The fourth-order valence-corrected chi connectivity index (χ4v) is 1.21. The Labute approximate surface area is 89.1 Å². The van der Waals surface area contributed by atoms with E-state index in [0.29, 0.717) is 13.1 Å². The maximum absolute atomic E-state index is 11.5. The summed E-state index contributed by atoms with van der Waals surface area (Å²) < 4.78 is 0. The molecule has 0 fully saturated rings. The second-order valence-electron chi connectivity index (χ2n) is 3.27. The first-order valence-corrected chi connectivity index (χ1v) is 5.02. The summed E-state index contributed by atoms with van der Waals surface area (Å²) in [5.74, 6) is -0.132. The highest BCUT2D eigenvalue weighted by Crippen LogP contribution is 2.00. The Morgan fingerprint density at radius 3 is 3.00 bits per heavy atom. The van der Waals surface area contributed by atoms with Crippen LogP contribution in [0.25, 0.3) is 0 Å². The van der Waals surface area contributed by atoms with Crippen molar-refractivity contribution < 1.29 is 4.79 Å². The largest absolute Gasteiger partial charge is 0.350 e. The van der Waals surface area contributed by atoms with Crippen LogP contribution >= 0.6 is 0 Å². The molecular weight excluding hydrogens is 192 g/mol. The lowest BCUT2D eigenvalue weighted by Crippen LogP contribution is -2.34. The zero-order valence-electron chi connectivity index (χ0n) is 8.81. The van der Waals surface area contributed by atoms with Crippen molar-refractivity contribution in [1.82, 2.24) is 15.5 Å². The minimum atomic E-state index is -0.110. The molecule has 1 unspecified atom stereocenters. The van der Waals surface area contributed by atoms with E-state index in [0.717, 1.165) is 12.1 Å². The minimum Gasteiger partial charge on any atom is -0.350 e. The van der Waals surface area contributed by atoms with E-state index in [1.807, 2.05) is 13.0 Å². The Bertz CT molecular complexity index is 298. The van der Waals surface area contributed by atoms with Crippen molar-refractivity contribution in [2.45, 2.75) is 19.9 Å². The second kappa shape index (κ2) is 6.08. The van der Waals surface area contributed by atoms with Crippen molar-refractivity contribution in [2.24, 2.45) is 11.7 Å². The van der Waals surface area contributed by atoms with Crippen molar-refractivity contribution in [3.63, 3.8) is 0 Å². The normalized spacial score (nSPS) is 12.1. The first kappa shape index (κ1) is 11.6. The highest BCUT2D eigenvalue weighted by atomic mass is 16.1. The molecular formula is C10H16N4O. The number of amides is 1. The zero-order chi connectivity index (χ0) is 11.1. The van der Waals surface area contributed by atoms with Gasteiger partial charge in [-0.05, 0) is 18.6 Å². The Kier molecular flexibility index (Phi) is 4.70. The van der Waals surface area contributed by atoms with E-state index in [1.165, 1.54) is 0 Å². The molecule has 0 aliphatic heterocycles. The van der Waals surface area contributed by atoms with Crippen LogP contribution in [0, 0.1) is 5.92 Å². The standard InChI is InChI=1S/C10H16N4O/c1-2-8(6-11)10(15)12-7-9-4-3-5-13-14-9/h3-5,8H,2,6-7,11H2,1H3,(H,12,15). The molecule has 0 bridgehead atoms. The van der Waals surface area contributed by atoms with Crippen molar-refractivity contribution in [3.8, 4) is 0 Å². The lowest BCUT2D eigenvalue weighted by molar-refractivity contribution is -0.124. The van der Waals surface area contributed by atoms with Crippen LogP contribution < -0.4 is 11.1 Å². The first-order valence-electron chi connectivity index (χ1n) is 5.02. The van der Waals surface area contributed by atoms with Gasteiger partial charge in [-0.15, -0.1) is 0 Å². The predicted molar refractivity (Wildman–Crippen MR) is 56.7 cm³/mol. The molecule has 3 N–H and O–H groups in total. The molecule has 0 aliphatic carbocycles. The third kappa shape index (κ3) is 3.63. The maximum atomic E-state index is 11.5. The molecule has 1 rings (SSSR count). The van der Waals surface area contributed by atoms with E-state index in [9.17, 15) is 4.79 Å². The molecule has 5 heteroatoms. The molecule has 0 saturated heterocycles. The van der Waals surface area contributed by atoms with Gasteiger partial charge < -0.3 is 11.1 Å². The number of nitrogens with zero attached hydrogens (tertiary/aromatic N) is 2. The Hall–Kier alpha value is -1.49. The summed E-state index contributed by atoms with van der Waals surface area (Å²) in [4.78, 5) is 11.5. The average Bonchev–Trinajstić information content (AvgIpc) is 2.29. The van der Waals surface area contributed by atoms with E-state index in [1.54, 1.807) is 12.3 Å². The van der Waals surface area contributed by atoms with Crippen LogP contribution in [-0.4, -0.2) is 22.6 Å². The lowest BCUT2D eigenvalue weighted by Gasteiger charge is -2.11. The number of hydrogen-bond donors (Lipinski definition) is 2. The molecule has 1 atom stereocenters. The summed E-state index contributed by atoms with van der Waals surface area (Å²) in [5.41, 5.74) is 6.21. The fourth-order valence-electron chi connectivity index (χ4n) is 1.21. The SMILES string of the molecule is CCC(CN)C(=O)NCc1cccnn1. The average molecular weight is 208 g/mol. The molecule has 0 aromatic carbocycles. The van der Waals surface area contributed by atoms with Gasteiger partial charge in [0, 0.05) is 18.7 Å². The van der Waals surface area contributed by atoms with E-state index in [4.69, 9.17) is 5.73 Å². The fraction of sp³-hybridized carbons (Fsp3) is 0.500. The Morgan fingerprint density at radius 2 is 2.47 bits per heavy atom. The molecule has 0 radical (unpaired) electrons. The molecule has 82 valence electrons. The summed E-state index contributed by atoms with van der Waals surface area (Å²) in [7, 11) is 0. The minimum absolute atomic E-state index is 0.0225. The van der Waals surface area contributed by atoms with Crippen LogP contribution in [0.2, 0.25) is 0 Å². The van der Waals surface area contributed by atoms with Crippen molar-refractivity contribution in [1.29, 1.82) is 0 Å². The van der Waals surface area contributed by atoms with Crippen molar-refractivity contribution in [2.75, 3.05) is 6.54 Å². The van der Waals surface area contributed by atoms with Gasteiger partial charge in [-0.25, -0.2) is 0 Å². The van der Waals surface area contributed by atoms with Crippen LogP contribution in [0.5, 0.6) is 0 Å². The zero-order valence-corrected chi connectivity index (χ0v) is 8.81. The first-order chi connectivity index (χ1) is 7.27. The number of nitrogens with two attached hydrogens (primary N) is 1. The summed E-state index contributed by atoms with van der Waals surface area (Å²) in [6.45, 7) is 2.73. The van der Waals surface area contributed by atoms with Gasteiger partial charge >= 0.3 is 0 Å². The topological polar surface area (TPSA) is 80.9 Å².